The fraction of sp³-hybridized carbons (Fsp3) is 0.600. The number of aliphatic hydroxyl groups is 1. The molecule has 1 aromatic heterocycles. The summed E-state index contributed by atoms with van der Waals surface area (Å²) in [4.78, 5) is 47.6. The quantitative estimate of drug-likeness (QED) is 0.385. The third-order valence-corrected chi connectivity index (χ3v) is 8.99. The second-order valence-corrected chi connectivity index (χ2v) is 12.9. The van der Waals surface area contributed by atoms with Gasteiger partial charge in [0.25, 0.3) is 11.8 Å². The van der Waals surface area contributed by atoms with Crippen molar-refractivity contribution in [3.05, 3.63) is 53.9 Å². The third-order valence-electron chi connectivity index (χ3n) is 8.99. The lowest BCUT2D eigenvalue weighted by Gasteiger charge is -2.36. The van der Waals surface area contributed by atoms with Crippen molar-refractivity contribution in [1.82, 2.24) is 20.1 Å². The van der Waals surface area contributed by atoms with Gasteiger partial charge in [0.05, 0.1) is 30.4 Å². The van der Waals surface area contributed by atoms with E-state index in [2.05, 4.69) is 15.6 Å². The molecule has 1 aliphatic carbocycles. The number of ether oxygens (including phenoxy) is 2. The number of likely N-dealkylation sites (N-methyl/N-ethyl adjacent to an activating group) is 1. The van der Waals surface area contributed by atoms with Gasteiger partial charge in [-0.2, -0.15) is 0 Å². The molecule has 11 nitrogen and oxygen atoms in total. The normalized spacial score (nSPS) is 22.5. The molecule has 0 bridgehead atoms. The summed E-state index contributed by atoms with van der Waals surface area (Å²) < 4.78 is 12.7. The lowest BCUT2D eigenvalue weighted by Crippen LogP contribution is -2.50. The number of pyridine rings is 1. The van der Waals surface area contributed by atoms with Crippen LogP contribution in [0.25, 0.3) is 0 Å². The number of aliphatic hydroxyl groups excluding tert-OH is 1. The van der Waals surface area contributed by atoms with Crippen molar-refractivity contribution in [2.75, 3.05) is 38.7 Å². The molecule has 2 aromatic rings. The number of aromatic nitrogens is 1. The van der Waals surface area contributed by atoms with E-state index in [0.29, 0.717) is 35.7 Å². The van der Waals surface area contributed by atoms with E-state index in [1.807, 2.05) is 13.8 Å². The number of fused-ring (bicyclic) bond motifs is 1. The highest BCUT2D eigenvalue weighted by molar-refractivity contribution is 6.05. The van der Waals surface area contributed by atoms with Crippen LogP contribution >= 0.6 is 0 Å². The minimum Gasteiger partial charge on any atom is -0.490 e. The van der Waals surface area contributed by atoms with Gasteiger partial charge in [-0.1, -0.05) is 26.2 Å². The second kappa shape index (κ2) is 17.3. The van der Waals surface area contributed by atoms with Gasteiger partial charge >= 0.3 is 6.03 Å². The molecule has 4 rings (SSSR count). The van der Waals surface area contributed by atoms with E-state index >= 15 is 0 Å². The Kier molecular flexibility index (Phi) is 13.2. The number of nitrogens with one attached hydrogen (secondary N) is 2. The van der Waals surface area contributed by atoms with Crippen LogP contribution in [0.2, 0.25) is 0 Å². The average Bonchev–Trinajstić information content (AvgIpc) is 3.06. The van der Waals surface area contributed by atoms with Crippen LogP contribution in [0.1, 0.15) is 92.9 Å². The third kappa shape index (κ3) is 9.90. The Bertz CT molecular complexity index is 1290. The Labute approximate surface area is 273 Å². The molecule has 46 heavy (non-hydrogen) atoms. The maximum Gasteiger partial charge on any atom is 0.317 e. The van der Waals surface area contributed by atoms with Crippen LogP contribution in [0.5, 0.6) is 5.75 Å². The zero-order valence-corrected chi connectivity index (χ0v) is 27.7. The number of anilines is 1. The summed E-state index contributed by atoms with van der Waals surface area (Å²) in [5, 5.41) is 16.3. The van der Waals surface area contributed by atoms with Crippen molar-refractivity contribution < 1.29 is 29.0 Å². The van der Waals surface area contributed by atoms with Gasteiger partial charge in [0.15, 0.2) is 0 Å². The first-order chi connectivity index (χ1) is 22.2. The predicted octanol–water partition coefficient (Wildman–Crippen LogP) is 5.10. The number of hydrogen-bond donors (Lipinski definition) is 3. The maximum atomic E-state index is 14.3. The van der Waals surface area contributed by atoms with Crippen molar-refractivity contribution in [3.63, 3.8) is 0 Å². The standard InChI is InChI=1S/C35H51N5O6/c1-24-21-40(25(2)23-41)34(43)30-20-29(37-33(42)27-15-17-36-18-16-27)13-14-31(30)46-26(3)10-8-9-19-45-32(24)22-39(4)35(44)38-28-11-6-5-7-12-28/h13-18,20,24-26,28,32,41H,5-12,19,21-23H2,1-4H3,(H,37,42)(H,38,44)/t24-,25+,26+,32-/m1/s1. The zero-order valence-electron chi connectivity index (χ0n) is 27.7. The van der Waals surface area contributed by atoms with E-state index in [4.69, 9.17) is 9.47 Å². The van der Waals surface area contributed by atoms with Crippen molar-refractivity contribution in [2.45, 2.75) is 96.4 Å². The van der Waals surface area contributed by atoms with Crippen LogP contribution in [0.15, 0.2) is 42.7 Å². The Hall–Kier alpha value is -3.70. The fourth-order valence-electron chi connectivity index (χ4n) is 6.05. The summed E-state index contributed by atoms with van der Waals surface area (Å²) in [6, 6.07) is 7.90. The van der Waals surface area contributed by atoms with Crippen molar-refractivity contribution in [3.8, 4) is 5.75 Å². The summed E-state index contributed by atoms with van der Waals surface area (Å²) in [6.07, 6.45) is 10.6. The molecule has 2 aliphatic rings. The highest BCUT2D eigenvalue weighted by Crippen LogP contribution is 2.29. The van der Waals surface area contributed by atoms with Crippen LogP contribution in [0, 0.1) is 5.92 Å². The molecule has 4 atom stereocenters. The van der Waals surface area contributed by atoms with E-state index < -0.39 is 6.04 Å². The van der Waals surface area contributed by atoms with Crippen LogP contribution in [-0.4, -0.2) is 95.4 Å². The molecule has 0 saturated heterocycles. The molecule has 3 N–H and O–H groups in total. The lowest BCUT2D eigenvalue weighted by atomic mass is 9.96. The first-order valence-corrected chi connectivity index (χ1v) is 16.7. The second-order valence-electron chi connectivity index (χ2n) is 12.9. The molecule has 1 fully saturated rings. The van der Waals surface area contributed by atoms with Gasteiger partial charge < -0.3 is 35.0 Å². The molecule has 0 radical (unpaired) electrons. The monoisotopic (exact) mass is 637 g/mol. The van der Waals surface area contributed by atoms with Crippen LogP contribution in [0.3, 0.4) is 0 Å². The molecule has 2 heterocycles. The Morgan fingerprint density at radius 2 is 1.78 bits per heavy atom. The average molecular weight is 638 g/mol. The van der Waals surface area contributed by atoms with Crippen molar-refractivity contribution in [2.24, 2.45) is 5.92 Å². The maximum absolute atomic E-state index is 14.3. The van der Waals surface area contributed by atoms with Gasteiger partial charge in [-0.3, -0.25) is 14.6 Å². The van der Waals surface area contributed by atoms with Crippen molar-refractivity contribution in [1.29, 1.82) is 0 Å². The van der Waals surface area contributed by atoms with Crippen molar-refractivity contribution >= 4 is 23.5 Å². The highest BCUT2D eigenvalue weighted by atomic mass is 16.5. The van der Waals surface area contributed by atoms with E-state index in [0.717, 1.165) is 44.9 Å². The predicted molar refractivity (Wildman–Crippen MR) is 177 cm³/mol. The summed E-state index contributed by atoms with van der Waals surface area (Å²) in [5.41, 5.74) is 1.19. The molecule has 1 aliphatic heterocycles. The number of nitrogens with zero attached hydrogens (tertiary/aromatic N) is 3. The molecule has 252 valence electrons. The highest BCUT2D eigenvalue weighted by Gasteiger charge is 2.31. The van der Waals surface area contributed by atoms with E-state index in [1.54, 1.807) is 66.5 Å². The molecular weight excluding hydrogens is 586 g/mol. The Morgan fingerprint density at radius 1 is 1.07 bits per heavy atom. The smallest absolute Gasteiger partial charge is 0.317 e. The van der Waals surface area contributed by atoms with Gasteiger partial charge in [-0.15, -0.1) is 0 Å². The summed E-state index contributed by atoms with van der Waals surface area (Å²) in [6.45, 7) is 6.73. The number of rotatable bonds is 7. The van der Waals surface area contributed by atoms with E-state index in [9.17, 15) is 19.5 Å². The van der Waals surface area contributed by atoms with Gasteiger partial charge in [0.1, 0.15) is 5.75 Å². The molecule has 1 saturated carbocycles. The summed E-state index contributed by atoms with van der Waals surface area (Å²) in [7, 11) is 1.79. The number of carbonyl (C=O) groups excluding carboxylic acids is 3. The van der Waals surface area contributed by atoms with Gasteiger partial charge in [0.2, 0.25) is 0 Å². The fourth-order valence-corrected chi connectivity index (χ4v) is 6.05. The molecule has 0 spiro atoms. The summed E-state index contributed by atoms with van der Waals surface area (Å²) in [5.74, 6) is -0.388. The topological polar surface area (TPSA) is 133 Å². The Morgan fingerprint density at radius 3 is 2.50 bits per heavy atom. The molecule has 4 amide bonds. The number of hydrogen-bond acceptors (Lipinski definition) is 7. The lowest BCUT2D eigenvalue weighted by molar-refractivity contribution is -0.0123. The van der Waals surface area contributed by atoms with Gasteiger partial charge in [-0.05, 0) is 76.3 Å². The van der Waals surface area contributed by atoms with Gasteiger partial charge in [-0.25, -0.2) is 4.79 Å². The first kappa shape index (κ1) is 35.2. The van der Waals surface area contributed by atoms with Crippen LogP contribution < -0.4 is 15.4 Å². The minimum absolute atomic E-state index is 0.111. The zero-order chi connectivity index (χ0) is 33.1. The van der Waals surface area contributed by atoms with Gasteiger partial charge in [0, 0.05) is 62.3 Å². The number of carbonyl (C=O) groups is 3. The largest absolute Gasteiger partial charge is 0.490 e. The Balaban J connectivity index is 1.58. The molecular formula is C35H51N5O6. The molecule has 11 heteroatoms. The van der Waals surface area contributed by atoms with E-state index in [-0.39, 0.29) is 55.2 Å². The molecule has 1 aromatic carbocycles. The minimum atomic E-state index is -0.504. The molecule has 0 unspecified atom stereocenters. The number of amides is 4. The van der Waals surface area contributed by atoms with E-state index in [1.165, 1.54) is 6.42 Å². The summed E-state index contributed by atoms with van der Waals surface area (Å²) >= 11 is 0. The van der Waals surface area contributed by atoms with Crippen LogP contribution in [0.4, 0.5) is 10.5 Å². The van der Waals surface area contributed by atoms with Crippen LogP contribution in [-0.2, 0) is 4.74 Å². The number of urea groups is 1. The first-order valence-electron chi connectivity index (χ1n) is 16.7. The number of benzene rings is 1. The SMILES string of the molecule is C[C@@H]1CN([C@@H](C)CO)C(=O)c2cc(NC(=O)c3ccncc3)ccc2O[C@@H](C)CCCCO[C@@H]1CN(C)C(=O)NC1CCCCC1.